The van der Waals surface area contributed by atoms with E-state index in [4.69, 9.17) is 18.9 Å². The van der Waals surface area contributed by atoms with Crippen molar-refractivity contribution in [1.29, 1.82) is 0 Å². The SMILES string of the molecule is COc1ccc(OC2C(=O)N(c3cccc(C(F)(F)F)c3)C2c2ccc(OC)c(OC)c2)cc1. The highest BCUT2D eigenvalue weighted by Gasteiger charge is 2.51. The maximum Gasteiger partial charge on any atom is 0.416 e. The highest BCUT2D eigenvalue weighted by atomic mass is 19.4. The molecule has 178 valence electrons. The topological polar surface area (TPSA) is 57.2 Å². The molecule has 3 aromatic rings. The maximum atomic E-state index is 13.3. The lowest BCUT2D eigenvalue weighted by Gasteiger charge is -2.46. The third-order valence-electron chi connectivity index (χ3n) is 5.57. The van der Waals surface area contributed by atoms with E-state index in [0.717, 1.165) is 12.1 Å². The molecule has 1 amide bonds. The molecule has 34 heavy (non-hydrogen) atoms. The van der Waals surface area contributed by atoms with Crippen LogP contribution in [0, 0.1) is 0 Å². The fraction of sp³-hybridized carbons (Fsp3) is 0.240. The molecule has 0 saturated carbocycles. The summed E-state index contributed by atoms with van der Waals surface area (Å²) in [5.41, 5.74) is -0.106. The smallest absolute Gasteiger partial charge is 0.416 e. The highest BCUT2D eigenvalue weighted by molar-refractivity contribution is 6.05. The van der Waals surface area contributed by atoms with Gasteiger partial charge in [0.25, 0.3) is 5.91 Å². The Balaban J connectivity index is 1.73. The van der Waals surface area contributed by atoms with Crippen molar-refractivity contribution in [2.45, 2.75) is 18.3 Å². The summed E-state index contributed by atoms with van der Waals surface area (Å²) in [6.07, 6.45) is -5.50. The number of halogens is 3. The van der Waals surface area contributed by atoms with Crippen LogP contribution in [0.1, 0.15) is 17.2 Å². The van der Waals surface area contributed by atoms with Crippen LogP contribution in [0.3, 0.4) is 0 Å². The molecule has 6 nitrogen and oxygen atoms in total. The molecule has 2 unspecified atom stereocenters. The summed E-state index contributed by atoms with van der Waals surface area (Å²) in [5, 5.41) is 0. The molecule has 3 aromatic carbocycles. The second kappa shape index (κ2) is 9.17. The van der Waals surface area contributed by atoms with Crippen molar-refractivity contribution >= 4 is 11.6 Å². The summed E-state index contributed by atoms with van der Waals surface area (Å²) in [4.78, 5) is 14.4. The lowest BCUT2D eigenvalue weighted by molar-refractivity contribution is -0.138. The number of amides is 1. The first kappa shape index (κ1) is 23.3. The van der Waals surface area contributed by atoms with Crippen molar-refractivity contribution in [1.82, 2.24) is 0 Å². The lowest BCUT2D eigenvalue weighted by atomic mass is 9.89. The molecule has 0 radical (unpaired) electrons. The zero-order valence-electron chi connectivity index (χ0n) is 18.6. The number of hydrogen-bond acceptors (Lipinski definition) is 5. The van der Waals surface area contributed by atoms with Crippen LogP contribution in [0.2, 0.25) is 0 Å². The van der Waals surface area contributed by atoms with Gasteiger partial charge in [-0.3, -0.25) is 9.69 Å². The van der Waals surface area contributed by atoms with Gasteiger partial charge < -0.3 is 18.9 Å². The molecule has 0 aromatic heterocycles. The van der Waals surface area contributed by atoms with Gasteiger partial charge in [-0.15, -0.1) is 0 Å². The molecule has 1 aliphatic heterocycles. The third kappa shape index (κ3) is 4.33. The minimum atomic E-state index is -4.54. The van der Waals surface area contributed by atoms with E-state index >= 15 is 0 Å². The number of carbonyl (C=O) groups excluding carboxylic acids is 1. The number of hydrogen-bond donors (Lipinski definition) is 0. The first-order chi connectivity index (χ1) is 16.3. The zero-order valence-corrected chi connectivity index (χ0v) is 18.6. The summed E-state index contributed by atoms with van der Waals surface area (Å²) >= 11 is 0. The first-order valence-corrected chi connectivity index (χ1v) is 10.3. The van der Waals surface area contributed by atoms with Crippen LogP contribution in [-0.2, 0) is 11.0 Å². The Hall–Kier alpha value is -3.88. The van der Waals surface area contributed by atoms with E-state index in [-0.39, 0.29) is 5.69 Å². The van der Waals surface area contributed by atoms with Crippen LogP contribution in [0.25, 0.3) is 0 Å². The van der Waals surface area contributed by atoms with Crippen molar-refractivity contribution < 1.29 is 36.9 Å². The molecule has 2 atom stereocenters. The van der Waals surface area contributed by atoms with Crippen molar-refractivity contribution in [3.8, 4) is 23.0 Å². The molecule has 0 N–H and O–H groups in total. The molecule has 0 spiro atoms. The third-order valence-corrected chi connectivity index (χ3v) is 5.57. The predicted molar refractivity (Wildman–Crippen MR) is 119 cm³/mol. The van der Waals surface area contributed by atoms with Gasteiger partial charge in [-0.25, -0.2) is 0 Å². The quantitative estimate of drug-likeness (QED) is 0.438. The van der Waals surface area contributed by atoms with Crippen LogP contribution in [0.4, 0.5) is 18.9 Å². The van der Waals surface area contributed by atoms with E-state index in [1.165, 1.54) is 38.4 Å². The second-order valence-corrected chi connectivity index (χ2v) is 7.53. The van der Waals surface area contributed by atoms with Gasteiger partial charge in [0.1, 0.15) is 17.5 Å². The van der Waals surface area contributed by atoms with Crippen molar-refractivity contribution in [3.05, 3.63) is 77.9 Å². The molecule has 4 rings (SSSR count). The number of β-lactam (4-membered cyclic amide) rings is 1. The van der Waals surface area contributed by atoms with E-state index in [1.54, 1.807) is 42.5 Å². The number of ether oxygens (including phenoxy) is 4. The number of nitrogens with zero attached hydrogens (tertiary/aromatic N) is 1. The number of methoxy groups -OCH3 is 3. The monoisotopic (exact) mass is 473 g/mol. The van der Waals surface area contributed by atoms with Crippen molar-refractivity contribution in [3.63, 3.8) is 0 Å². The van der Waals surface area contributed by atoms with E-state index in [1.807, 2.05) is 0 Å². The van der Waals surface area contributed by atoms with Gasteiger partial charge in [0.15, 0.2) is 11.5 Å². The summed E-state index contributed by atoms with van der Waals surface area (Å²) in [5.74, 6) is 1.49. The van der Waals surface area contributed by atoms with Crippen LogP contribution < -0.4 is 23.8 Å². The molecule has 0 aliphatic carbocycles. The van der Waals surface area contributed by atoms with Gasteiger partial charge in [0, 0.05) is 5.69 Å². The van der Waals surface area contributed by atoms with Gasteiger partial charge in [-0.05, 0) is 60.2 Å². The molecule has 1 heterocycles. The maximum absolute atomic E-state index is 13.3. The first-order valence-electron chi connectivity index (χ1n) is 10.3. The number of benzene rings is 3. The molecule has 9 heteroatoms. The average molecular weight is 473 g/mol. The fourth-order valence-corrected chi connectivity index (χ4v) is 3.86. The van der Waals surface area contributed by atoms with E-state index in [9.17, 15) is 18.0 Å². The Labute approximate surface area is 194 Å². The van der Waals surface area contributed by atoms with Crippen molar-refractivity contribution in [2.75, 3.05) is 26.2 Å². The molecule has 1 fully saturated rings. The number of rotatable bonds is 7. The molecule has 1 aliphatic rings. The predicted octanol–water partition coefficient (Wildman–Crippen LogP) is 5.27. The highest BCUT2D eigenvalue weighted by Crippen LogP contribution is 2.44. The fourth-order valence-electron chi connectivity index (χ4n) is 3.86. The van der Waals surface area contributed by atoms with Gasteiger partial charge in [-0.1, -0.05) is 12.1 Å². The van der Waals surface area contributed by atoms with Gasteiger partial charge in [-0.2, -0.15) is 13.2 Å². The number of alkyl halides is 3. The second-order valence-electron chi connectivity index (χ2n) is 7.53. The van der Waals surface area contributed by atoms with E-state index < -0.39 is 29.8 Å². The Kier molecular flexibility index (Phi) is 6.28. The van der Waals surface area contributed by atoms with Gasteiger partial charge in [0.05, 0.1) is 26.9 Å². The van der Waals surface area contributed by atoms with Crippen LogP contribution in [0.15, 0.2) is 66.7 Å². The Morgan fingerprint density at radius 3 is 2.09 bits per heavy atom. The van der Waals surface area contributed by atoms with E-state index in [2.05, 4.69) is 0 Å². The molecular formula is C25H22F3NO5. The van der Waals surface area contributed by atoms with Crippen LogP contribution in [-0.4, -0.2) is 33.3 Å². The Morgan fingerprint density at radius 2 is 1.47 bits per heavy atom. The Bertz CT molecular complexity index is 1180. The van der Waals surface area contributed by atoms with E-state index in [0.29, 0.717) is 28.6 Å². The van der Waals surface area contributed by atoms with Crippen LogP contribution in [0.5, 0.6) is 23.0 Å². The van der Waals surface area contributed by atoms with Crippen LogP contribution >= 0.6 is 0 Å². The summed E-state index contributed by atoms with van der Waals surface area (Å²) in [7, 11) is 4.50. The Morgan fingerprint density at radius 1 is 0.794 bits per heavy atom. The minimum Gasteiger partial charge on any atom is -0.497 e. The van der Waals surface area contributed by atoms with Crippen molar-refractivity contribution in [2.24, 2.45) is 0 Å². The molecule has 0 bridgehead atoms. The van der Waals surface area contributed by atoms with Gasteiger partial charge >= 0.3 is 6.18 Å². The minimum absolute atomic E-state index is 0.120. The average Bonchev–Trinajstić information content (AvgIpc) is 2.85. The zero-order chi connectivity index (χ0) is 24.5. The number of anilines is 1. The summed E-state index contributed by atoms with van der Waals surface area (Å²) in [6.45, 7) is 0. The molecular weight excluding hydrogens is 451 g/mol. The standard InChI is InChI=1S/C25H22F3NO5/c1-31-18-8-10-19(11-9-18)34-23-22(15-7-12-20(32-2)21(13-15)33-3)29(24(23)30)17-6-4-5-16(14-17)25(26,27)28/h4-14,22-23H,1-3H3. The summed E-state index contributed by atoms with van der Waals surface area (Å²) < 4.78 is 61.7. The largest absolute Gasteiger partial charge is 0.497 e. The number of carbonyl (C=O) groups is 1. The van der Waals surface area contributed by atoms with Gasteiger partial charge in [0.2, 0.25) is 6.10 Å². The molecule has 1 saturated heterocycles. The summed E-state index contributed by atoms with van der Waals surface area (Å²) in [6, 6.07) is 15.7. The lowest BCUT2D eigenvalue weighted by Crippen LogP contribution is -2.61. The normalized spacial score (nSPS) is 17.7.